The highest BCUT2D eigenvalue weighted by molar-refractivity contribution is 6.06. The smallest absolute Gasteiger partial charge is 0.332 e. The number of aryl methyl sites for hydroxylation is 1. The second-order valence-corrected chi connectivity index (χ2v) is 6.85. The molecule has 0 aliphatic carbocycles. The van der Waals surface area contributed by atoms with E-state index in [4.69, 9.17) is 4.74 Å². The number of amides is 2. The Morgan fingerprint density at radius 2 is 1.83 bits per heavy atom. The Hall–Kier alpha value is -3.52. The van der Waals surface area contributed by atoms with Crippen LogP contribution < -0.4 is 15.5 Å². The summed E-state index contributed by atoms with van der Waals surface area (Å²) >= 11 is 0. The molecule has 0 unspecified atom stereocenters. The molecule has 0 bridgehead atoms. The highest BCUT2D eigenvalue weighted by atomic mass is 19.1. The van der Waals surface area contributed by atoms with Gasteiger partial charge in [0.15, 0.2) is 0 Å². The molecule has 0 radical (unpaired) electrons. The number of urea groups is 1. The molecule has 0 fully saturated rings. The molecule has 1 aromatic heterocycles. The lowest BCUT2D eigenvalue weighted by atomic mass is 10.2. The lowest BCUT2D eigenvalue weighted by Crippen LogP contribution is -2.32. The number of halogens is 1. The summed E-state index contributed by atoms with van der Waals surface area (Å²) < 4.78 is 18.6. The maximum atomic E-state index is 13.5. The monoisotopic (exact) mass is 409 g/mol. The van der Waals surface area contributed by atoms with Crippen LogP contribution in [0.4, 0.5) is 32.3 Å². The van der Waals surface area contributed by atoms with Crippen molar-refractivity contribution in [1.29, 1.82) is 0 Å². The summed E-state index contributed by atoms with van der Waals surface area (Å²) in [4.78, 5) is 23.2. The number of nitrogens with one attached hydrogen (secondary N) is 2. The van der Waals surface area contributed by atoms with E-state index in [1.54, 1.807) is 19.4 Å². The van der Waals surface area contributed by atoms with Gasteiger partial charge in [-0.2, -0.15) is 4.98 Å². The fourth-order valence-corrected chi connectivity index (χ4v) is 2.82. The minimum Gasteiger partial charge on any atom is -0.383 e. The van der Waals surface area contributed by atoms with Crippen LogP contribution in [0.1, 0.15) is 12.5 Å². The van der Waals surface area contributed by atoms with Crippen LogP contribution in [0.25, 0.3) is 0 Å². The Bertz CT molecular complexity index is 980. The van der Waals surface area contributed by atoms with Gasteiger partial charge in [0.1, 0.15) is 11.6 Å². The third kappa shape index (κ3) is 5.51. The number of nitrogens with zero attached hydrogens (tertiary/aromatic N) is 3. The minimum absolute atomic E-state index is 0.0223. The number of benzene rings is 2. The second kappa shape index (κ2) is 9.80. The SMILES string of the molecule is COC[C@H](C)Nc1nccc(N(C(=O)Nc2ccc(C)cc2)c2ccc(F)cc2)n1. The van der Waals surface area contributed by atoms with Crippen molar-refractivity contribution in [3.05, 3.63) is 72.2 Å². The average molecular weight is 409 g/mol. The van der Waals surface area contributed by atoms with Crippen LogP contribution in [0.5, 0.6) is 0 Å². The number of ether oxygens (including phenoxy) is 1. The summed E-state index contributed by atoms with van der Waals surface area (Å²) in [6, 6.07) is 14.2. The minimum atomic E-state index is -0.431. The number of aromatic nitrogens is 2. The van der Waals surface area contributed by atoms with Gasteiger partial charge < -0.3 is 15.4 Å². The van der Waals surface area contributed by atoms with Crippen LogP contribution in [-0.4, -0.2) is 35.8 Å². The Morgan fingerprint density at radius 1 is 1.13 bits per heavy atom. The molecular weight excluding hydrogens is 385 g/mol. The van der Waals surface area contributed by atoms with Gasteiger partial charge in [-0.05, 0) is 50.2 Å². The first-order valence-corrected chi connectivity index (χ1v) is 9.48. The molecule has 0 saturated carbocycles. The molecule has 0 spiro atoms. The first-order chi connectivity index (χ1) is 14.5. The zero-order chi connectivity index (χ0) is 21.5. The van der Waals surface area contributed by atoms with E-state index >= 15 is 0 Å². The molecule has 2 N–H and O–H groups in total. The van der Waals surface area contributed by atoms with Crippen LogP contribution >= 0.6 is 0 Å². The van der Waals surface area contributed by atoms with E-state index in [1.807, 2.05) is 38.1 Å². The van der Waals surface area contributed by atoms with Crippen LogP contribution in [0.2, 0.25) is 0 Å². The summed E-state index contributed by atoms with van der Waals surface area (Å²) in [5.74, 6) is 0.303. The summed E-state index contributed by atoms with van der Waals surface area (Å²) in [5.41, 5.74) is 2.19. The predicted molar refractivity (Wildman–Crippen MR) is 116 cm³/mol. The number of carbonyl (C=O) groups is 1. The molecule has 3 aromatic rings. The number of rotatable bonds is 7. The zero-order valence-corrected chi connectivity index (χ0v) is 17.1. The number of hydrogen-bond acceptors (Lipinski definition) is 5. The third-order valence-electron chi connectivity index (χ3n) is 4.25. The second-order valence-electron chi connectivity index (χ2n) is 6.85. The Labute approximate surface area is 174 Å². The third-order valence-corrected chi connectivity index (χ3v) is 4.25. The van der Waals surface area contributed by atoms with E-state index in [0.717, 1.165) is 5.56 Å². The number of hydrogen-bond donors (Lipinski definition) is 2. The fraction of sp³-hybridized carbons (Fsp3) is 0.227. The molecule has 156 valence electrons. The van der Waals surface area contributed by atoms with Gasteiger partial charge in [0, 0.05) is 31.1 Å². The van der Waals surface area contributed by atoms with Gasteiger partial charge in [-0.25, -0.2) is 19.1 Å². The molecule has 0 saturated heterocycles. The van der Waals surface area contributed by atoms with Crippen molar-refractivity contribution in [1.82, 2.24) is 9.97 Å². The van der Waals surface area contributed by atoms with Gasteiger partial charge in [0.2, 0.25) is 5.95 Å². The summed E-state index contributed by atoms with van der Waals surface area (Å²) in [6.07, 6.45) is 1.56. The van der Waals surface area contributed by atoms with Crippen molar-refractivity contribution in [3.8, 4) is 0 Å². The van der Waals surface area contributed by atoms with Gasteiger partial charge >= 0.3 is 6.03 Å². The number of anilines is 4. The van der Waals surface area contributed by atoms with E-state index in [9.17, 15) is 9.18 Å². The summed E-state index contributed by atoms with van der Waals surface area (Å²) in [5, 5.41) is 5.98. The van der Waals surface area contributed by atoms with Gasteiger partial charge in [0.05, 0.1) is 12.3 Å². The molecule has 7 nitrogen and oxygen atoms in total. The standard InChI is InChI=1S/C22H24FN5O2/c1-15-4-8-18(9-5-15)26-22(29)28(19-10-6-17(23)7-11-19)20-12-13-24-21(27-20)25-16(2)14-30-3/h4-13,16H,14H2,1-3H3,(H,26,29)(H,24,25,27)/t16-/m0/s1. The lowest BCUT2D eigenvalue weighted by molar-refractivity contribution is 0.190. The van der Waals surface area contributed by atoms with E-state index < -0.39 is 11.8 Å². The quantitative estimate of drug-likeness (QED) is 0.589. The van der Waals surface area contributed by atoms with Gasteiger partial charge in [-0.1, -0.05) is 17.7 Å². The molecule has 1 atom stereocenters. The highest BCUT2D eigenvalue weighted by Gasteiger charge is 2.21. The highest BCUT2D eigenvalue weighted by Crippen LogP contribution is 2.26. The van der Waals surface area contributed by atoms with Crippen molar-refractivity contribution >= 4 is 29.2 Å². The van der Waals surface area contributed by atoms with Crippen molar-refractivity contribution in [3.63, 3.8) is 0 Å². The first-order valence-electron chi connectivity index (χ1n) is 9.48. The lowest BCUT2D eigenvalue weighted by Gasteiger charge is -2.23. The molecular formula is C22H24FN5O2. The van der Waals surface area contributed by atoms with Crippen LogP contribution in [-0.2, 0) is 4.74 Å². The molecule has 0 aliphatic heterocycles. The van der Waals surface area contributed by atoms with E-state index in [1.165, 1.54) is 29.2 Å². The summed E-state index contributed by atoms with van der Waals surface area (Å²) in [6.45, 7) is 4.38. The summed E-state index contributed by atoms with van der Waals surface area (Å²) in [7, 11) is 1.61. The Morgan fingerprint density at radius 3 is 2.50 bits per heavy atom. The zero-order valence-electron chi connectivity index (χ0n) is 17.1. The van der Waals surface area contributed by atoms with Crippen molar-refractivity contribution < 1.29 is 13.9 Å². The van der Waals surface area contributed by atoms with Gasteiger partial charge in [0.25, 0.3) is 0 Å². The molecule has 1 heterocycles. The molecule has 2 amide bonds. The van der Waals surface area contributed by atoms with Gasteiger partial charge in [-0.15, -0.1) is 0 Å². The fourth-order valence-electron chi connectivity index (χ4n) is 2.82. The Balaban J connectivity index is 1.92. The number of carbonyl (C=O) groups excluding carboxylic acids is 1. The van der Waals surface area contributed by atoms with Crippen molar-refractivity contribution in [2.75, 3.05) is 29.3 Å². The van der Waals surface area contributed by atoms with Crippen LogP contribution in [0, 0.1) is 12.7 Å². The molecule has 3 rings (SSSR count). The maximum Gasteiger partial charge on any atom is 0.332 e. The average Bonchev–Trinajstić information content (AvgIpc) is 2.72. The van der Waals surface area contributed by atoms with E-state index in [2.05, 4.69) is 20.6 Å². The molecule has 30 heavy (non-hydrogen) atoms. The van der Waals surface area contributed by atoms with E-state index in [-0.39, 0.29) is 6.04 Å². The Kier molecular flexibility index (Phi) is 6.92. The number of methoxy groups -OCH3 is 1. The predicted octanol–water partition coefficient (Wildman–Crippen LogP) is 4.74. The largest absolute Gasteiger partial charge is 0.383 e. The molecule has 0 aliphatic rings. The van der Waals surface area contributed by atoms with Crippen LogP contribution in [0.3, 0.4) is 0 Å². The van der Waals surface area contributed by atoms with Crippen molar-refractivity contribution in [2.45, 2.75) is 19.9 Å². The normalized spacial score (nSPS) is 11.6. The van der Waals surface area contributed by atoms with Crippen molar-refractivity contribution in [2.24, 2.45) is 0 Å². The molecule has 8 heteroatoms. The maximum absolute atomic E-state index is 13.5. The topological polar surface area (TPSA) is 79.4 Å². The first kappa shape index (κ1) is 21.2. The molecule has 2 aromatic carbocycles. The van der Waals surface area contributed by atoms with E-state index in [0.29, 0.717) is 29.7 Å². The van der Waals surface area contributed by atoms with Crippen LogP contribution in [0.15, 0.2) is 60.8 Å². The van der Waals surface area contributed by atoms with Gasteiger partial charge in [-0.3, -0.25) is 0 Å².